The first-order chi connectivity index (χ1) is 9.09. The SMILES string of the molecule is Nc1nsc(NCc2ccn[nH]2)c1S(=O)(=O)C1CC1. The zero-order valence-corrected chi connectivity index (χ0v) is 11.6. The average molecular weight is 299 g/mol. The van der Waals surface area contributed by atoms with Crippen molar-refractivity contribution in [3.05, 3.63) is 18.0 Å². The van der Waals surface area contributed by atoms with Gasteiger partial charge in [0.2, 0.25) is 0 Å². The van der Waals surface area contributed by atoms with Crippen LogP contribution in [0.4, 0.5) is 10.8 Å². The molecule has 0 spiro atoms. The molecular formula is C10H13N5O2S2. The molecule has 3 rings (SSSR count). The van der Waals surface area contributed by atoms with Gasteiger partial charge >= 0.3 is 0 Å². The van der Waals surface area contributed by atoms with Crippen LogP contribution in [0.15, 0.2) is 17.2 Å². The molecule has 0 aliphatic heterocycles. The lowest BCUT2D eigenvalue weighted by molar-refractivity contribution is 0.595. The van der Waals surface area contributed by atoms with Gasteiger partial charge in [-0.05, 0) is 30.4 Å². The summed E-state index contributed by atoms with van der Waals surface area (Å²) in [6, 6.07) is 1.81. The molecular weight excluding hydrogens is 286 g/mol. The van der Waals surface area contributed by atoms with Crippen molar-refractivity contribution in [3.8, 4) is 0 Å². The van der Waals surface area contributed by atoms with Gasteiger partial charge in [-0.25, -0.2) is 8.42 Å². The molecule has 1 fully saturated rings. The molecule has 1 aliphatic carbocycles. The number of aromatic amines is 1. The fourth-order valence-electron chi connectivity index (χ4n) is 1.79. The Bertz CT molecular complexity index is 673. The molecule has 0 saturated heterocycles. The number of nitrogens with zero attached hydrogens (tertiary/aromatic N) is 2. The van der Waals surface area contributed by atoms with Crippen molar-refractivity contribution < 1.29 is 8.42 Å². The van der Waals surface area contributed by atoms with Crippen LogP contribution in [-0.2, 0) is 16.4 Å². The van der Waals surface area contributed by atoms with Gasteiger partial charge in [0, 0.05) is 6.20 Å². The summed E-state index contributed by atoms with van der Waals surface area (Å²) < 4.78 is 28.5. The van der Waals surface area contributed by atoms with E-state index in [0.717, 1.165) is 17.2 Å². The van der Waals surface area contributed by atoms with Crippen LogP contribution in [0.5, 0.6) is 0 Å². The molecule has 19 heavy (non-hydrogen) atoms. The van der Waals surface area contributed by atoms with E-state index in [0.29, 0.717) is 24.4 Å². The van der Waals surface area contributed by atoms with Gasteiger partial charge in [0.15, 0.2) is 15.7 Å². The highest BCUT2D eigenvalue weighted by atomic mass is 32.2. The standard InChI is InChI=1S/C10H13N5O2S2/c11-9-8(19(16,17)7-1-2-7)10(18-15-9)12-5-6-3-4-13-14-6/h3-4,7,12H,1-2,5H2,(H2,11,15)(H,13,14). The number of aromatic nitrogens is 3. The smallest absolute Gasteiger partial charge is 0.187 e. The summed E-state index contributed by atoms with van der Waals surface area (Å²) in [5, 5.41) is 9.88. The minimum atomic E-state index is -3.34. The predicted octanol–water partition coefficient (Wildman–Crippen LogP) is 0.997. The molecule has 102 valence electrons. The molecule has 0 amide bonds. The molecule has 0 atom stereocenters. The van der Waals surface area contributed by atoms with E-state index < -0.39 is 9.84 Å². The minimum Gasteiger partial charge on any atom is -0.382 e. The third-order valence-corrected chi connectivity index (χ3v) is 6.20. The number of anilines is 2. The van der Waals surface area contributed by atoms with Crippen LogP contribution >= 0.6 is 11.5 Å². The second-order valence-electron chi connectivity index (χ2n) is 4.41. The number of H-pyrrole nitrogens is 1. The Morgan fingerprint density at radius 2 is 2.32 bits per heavy atom. The van der Waals surface area contributed by atoms with Crippen LogP contribution in [0, 0.1) is 0 Å². The maximum absolute atomic E-state index is 12.3. The summed E-state index contributed by atoms with van der Waals surface area (Å²) in [6.07, 6.45) is 3.05. The summed E-state index contributed by atoms with van der Waals surface area (Å²) in [5.74, 6) is 0.0870. The first kappa shape index (κ1) is 12.4. The van der Waals surface area contributed by atoms with Crippen molar-refractivity contribution in [1.82, 2.24) is 14.6 Å². The molecule has 1 aliphatic rings. The van der Waals surface area contributed by atoms with Gasteiger partial charge in [-0.15, -0.1) is 0 Å². The molecule has 0 unspecified atom stereocenters. The van der Waals surface area contributed by atoms with Gasteiger partial charge in [-0.3, -0.25) is 5.10 Å². The van der Waals surface area contributed by atoms with Crippen LogP contribution < -0.4 is 11.1 Å². The van der Waals surface area contributed by atoms with Crippen LogP contribution in [-0.4, -0.2) is 28.2 Å². The Kier molecular flexibility index (Phi) is 2.94. The van der Waals surface area contributed by atoms with E-state index in [-0.39, 0.29) is 16.0 Å². The van der Waals surface area contributed by atoms with E-state index >= 15 is 0 Å². The zero-order chi connectivity index (χ0) is 13.5. The fraction of sp³-hybridized carbons (Fsp3) is 0.400. The molecule has 9 heteroatoms. The van der Waals surface area contributed by atoms with Crippen LogP contribution in [0.25, 0.3) is 0 Å². The number of hydrogen-bond donors (Lipinski definition) is 3. The molecule has 4 N–H and O–H groups in total. The molecule has 0 radical (unpaired) electrons. The summed E-state index contributed by atoms with van der Waals surface area (Å²) in [4.78, 5) is 0.152. The van der Waals surface area contributed by atoms with Gasteiger partial charge < -0.3 is 11.1 Å². The van der Waals surface area contributed by atoms with Crippen LogP contribution in [0.3, 0.4) is 0 Å². The molecule has 0 bridgehead atoms. The van der Waals surface area contributed by atoms with E-state index in [4.69, 9.17) is 5.73 Å². The Hall–Kier alpha value is -1.61. The topological polar surface area (TPSA) is 114 Å². The molecule has 2 heterocycles. The van der Waals surface area contributed by atoms with E-state index in [1.807, 2.05) is 6.07 Å². The average Bonchev–Trinajstić information content (AvgIpc) is 2.99. The summed E-state index contributed by atoms with van der Waals surface area (Å²) >= 11 is 1.07. The fourth-order valence-corrected chi connectivity index (χ4v) is 4.67. The van der Waals surface area contributed by atoms with Crippen LogP contribution in [0.2, 0.25) is 0 Å². The second kappa shape index (κ2) is 4.49. The maximum atomic E-state index is 12.3. The Morgan fingerprint density at radius 3 is 2.95 bits per heavy atom. The molecule has 2 aromatic heterocycles. The number of sulfone groups is 1. The first-order valence-corrected chi connectivity index (χ1v) is 8.12. The minimum absolute atomic E-state index is 0.0870. The van der Waals surface area contributed by atoms with E-state index in [2.05, 4.69) is 19.9 Å². The zero-order valence-electron chi connectivity index (χ0n) is 9.96. The van der Waals surface area contributed by atoms with Gasteiger partial charge in [-0.2, -0.15) is 9.47 Å². The quantitative estimate of drug-likeness (QED) is 0.759. The lowest BCUT2D eigenvalue weighted by atomic mass is 10.4. The highest BCUT2D eigenvalue weighted by molar-refractivity contribution is 7.92. The van der Waals surface area contributed by atoms with Gasteiger partial charge in [0.05, 0.1) is 17.5 Å². The van der Waals surface area contributed by atoms with Gasteiger partial charge in [0.1, 0.15) is 9.90 Å². The monoisotopic (exact) mass is 299 g/mol. The summed E-state index contributed by atoms with van der Waals surface area (Å²) in [6.45, 7) is 0.453. The Morgan fingerprint density at radius 1 is 1.53 bits per heavy atom. The van der Waals surface area contributed by atoms with Gasteiger partial charge in [0.25, 0.3) is 0 Å². The van der Waals surface area contributed by atoms with Gasteiger partial charge in [-0.1, -0.05) is 0 Å². The molecule has 0 aromatic carbocycles. The number of rotatable bonds is 5. The predicted molar refractivity (Wildman–Crippen MR) is 72.6 cm³/mol. The number of nitrogen functional groups attached to an aromatic ring is 1. The highest BCUT2D eigenvalue weighted by Gasteiger charge is 2.40. The Balaban J connectivity index is 1.86. The van der Waals surface area contributed by atoms with E-state index in [1.54, 1.807) is 6.20 Å². The summed E-state index contributed by atoms with van der Waals surface area (Å²) in [5.41, 5.74) is 6.56. The van der Waals surface area contributed by atoms with Crippen molar-refractivity contribution in [2.75, 3.05) is 11.1 Å². The molecule has 7 nitrogen and oxygen atoms in total. The molecule has 2 aromatic rings. The van der Waals surface area contributed by atoms with E-state index in [1.165, 1.54) is 0 Å². The normalized spacial score (nSPS) is 15.6. The van der Waals surface area contributed by atoms with Crippen molar-refractivity contribution in [1.29, 1.82) is 0 Å². The largest absolute Gasteiger partial charge is 0.382 e. The van der Waals surface area contributed by atoms with Crippen molar-refractivity contribution in [2.24, 2.45) is 0 Å². The maximum Gasteiger partial charge on any atom is 0.187 e. The third kappa shape index (κ3) is 2.30. The second-order valence-corrected chi connectivity index (χ2v) is 7.34. The van der Waals surface area contributed by atoms with Crippen molar-refractivity contribution in [3.63, 3.8) is 0 Å². The third-order valence-electron chi connectivity index (χ3n) is 2.92. The summed E-state index contributed by atoms with van der Waals surface area (Å²) in [7, 11) is -3.34. The number of nitrogens with two attached hydrogens (primary N) is 1. The van der Waals surface area contributed by atoms with Crippen molar-refractivity contribution >= 4 is 32.2 Å². The first-order valence-electron chi connectivity index (χ1n) is 5.80. The lowest BCUT2D eigenvalue weighted by Gasteiger charge is -2.06. The van der Waals surface area contributed by atoms with Crippen molar-refractivity contribution in [2.45, 2.75) is 29.5 Å². The van der Waals surface area contributed by atoms with Crippen LogP contribution in [0.1, 0.15) is 18.5 Å². The van der Waals surface area contributed by atoms with E-state index in [9.17, 15) is 8.42 Å². The lowest BCUT2D eigenvalue weighted by Crippen LogP contribution is -2.11. The Labute approximate surface area is 114 Å². The number of hydrogen-bond acceptors (Lipinski definition) is 7. The molecule has 1 saturated carbocycles. The number of nitrogens with one attached hydrogen (secondary N) is 2. The highest BCUT2D eigenvalue weighted by Crippen LogP contribution is 2.41.